The molecule has 1 saturated carbocycles. The first-order chi connectivity index (χ1) is 17.4. The van der Waals surface area contributed by atoms with Gasteiger partial charge in [-0.15, -0.1) is 0 Å². The average Bonchev–Trinajstić information content (AvgIpc) is 2.98. The lowest BCUT2D eigenvalue weighted by Crippen LogP contribution is -2.26. The lowest BCUT2D eigenvalue weighted by atomic mass is 9.75. The molecule has 0 saturated heterocycles. The SMILES string of the molecule is CCCCCCCCC1CCN=C(c2ccc(C=O)cc2)C(C2CCCCC(C(C)(C)C)CCC2)=N1. The first kappa shape index (κ1) is 28.8. The van der Waals surface area contributed by atoms with Crippen LogP contribution in [-0.2, 0) is 0 Å². The van der Waals surface area contributed by atoms with Crippen LogP contribution in [0.1, 0.15) is 140 Å². The summed E-state index contributed by atoms with van der Waals surface area (Å²) < 4.78 is 0. The lowest BCUT2D eigenvalue weighted by Gasteiger charge is -2.30. The fourth-order valence-electron chi connectivity index (χ4n) is 6.18. The Morgan fingerprint density at radius 2 is 1.53 bits per heavy atom. The maximum Gasteiger partial charge on any atom is 0.150 e. The number of carbonyl (C=O) groups is 1. The minimum atomic E-state index is 0.398. The number of hydrogen-bond acceptors (Lipinski definition) is 3. The van der Waals surface area contributed by atoms with Crippen LogP contribution < -0.4 is 0 Å². The van der Waals surface area contributed by atoms with Crippen LogP contribution >= 0.6 is 0 Å². The number of carbonyl (C=O) groups excluding carboxylic acids is 1. The molecule has 3 atom stereocenters. The molecule has 1 aromatic rings. The molecule has 3 nitrogen and oxygen atoms in total. The molecule has 1 aliphatic heterocycles. The summed E-state index contributed by atoms with van der Waals surface area (Å²) in [5.74, 6) is 1.31. The summed E-state index contributed by atoms with van der Waals surface area (Å²) in [6.45, 7) is 10.4. The highest BCUT2D eigenvalue weighted by Crippen LogP contribution is 2.37. The number of rotatable bonds is 10. The first-order valence-electron chi connectivity index (χ1n) is 15.1. The van der Waals surface area contributed by atoms with Gasteiger partial charge in [0.25, 0.3) is 0 Å². The van der Waals surface area contributed by atoms with Gasteiger partial charge in [0.1, 0.15) is 6.29 Å². The van der Waals surface area contributed by atoms with Gasteiger partial charge in [-0.2, -0.15) is 0 Å². The molecule has 0 spiro atoms. The van der Waals surface area contributed by atoms with Gasteiger partial charge in [0, 0.05) is 23.6 Å². The molecule has 3 heteroatoms. The molecule has 36 heavy (non-hydrogen) atoms. The van der Waals surface area contributed by atoms with E-state index in [-0.39, 0.29) is 0 Å². The summed E-state index contributed by atoms with van der Waals surface area (Å²) in [6, 6.07) is 8.42. The molecule has 1 aromatic carbocycles. The monoisotopic (exact) mass is 492 g/mol. The topological polar surface area (TPSA) is 41.8 Å². The quantitative estimate of drug-likeness (QED) is 0.237. The second-order valence-electron chi connectivity index (χ2n) is 12.5. The van der Waals surface area contributed by atoms with Crippen LogP contribution in [0.2, 0.25) is 0 Å². The maximum atomic E-state index is 11.2. The molecule has 0 bridgehead atoms. The van der Waals surface area contributed by atoms with Crippen LogP contribution in [0.5, 0.6) is 0 Å². The second-order valence-corrected chi connectivity index (χ2v) is 12.5. The molecule has 1 fully saturated rings. The van der Waals surface area contributed by atoms with Crippen molar-refractivity contribution in [1.82, 2.24) is 0 Å². The van der Waals surface area contributed by atoms with Gasteiger partial charge in [0.05, 0.1) is 17.5 Å². The smallest absolute Gasteiger partial charge is 0.150 e. The lowest BCUT2D eigenvalue weighted by molar-refractivity contribution is 0.112. The summed E-state index contributed by atoms with van der Waals surface area (Å²) in [5, 5.41) is 0. The van der Waals surface area contributed by atoms with Crippen molar-refractivity contribution < 1.29 is 4.79 Å². The fraction of sp³-hybridized carbons (Fsp3) is 0.727. The van der Waals surface area contributed by atoms with E-state index in [9.17, 15) is 4.79 Å². The summed E-state index contributed by atoms with van der Waals surface area (Å²) in [4.78, 5) is 21.9. The van der Waals surface area contributed by atoms with Gasteiger partial charge in [-0.25, -0.2) is 0 Å². The molecule has 0 radical (unpaired) electrons. The van der Waals surface area contributed by atoms with Crippen molar-refractivity contribution in [3.63, 3.8) is 0 Å². The molecule has 200 valence electrons. The van der Waals surface area contributed by atoms with E-state index in [0.29, 0.717) is 17.4 Å². The first-order valence-corrected chi connectivity index (χ1v) is 15.1. The van der Waals surface area contributed by atoms with E-state index in [1.54, 1.807) is 0 Å². The van der Waals surface area contributed by atoms with Crippen molar-refractivity contribution in [2.75, 3.05) is 6.54 Å². The molecule has 0 aromatic heterocycles. The van der Waals surface area contributed by atoms with Crippen LogP contribution in [0.25, 0.3) is 0 Å². The van der Waals surface area contributed by atoms with Gasteiger partial charge in [-0.3, -0.25) is 14.8 Å². The zero-order valence-electron chi connectivity index (χ0n) is 23.7. The van der Waals surface area contributed by atoms with Crippen molar-refractivity contribution in [3.05, 3.63) is 35.4 Å². The van der Waals surface area contributed by atoms with E-state index in [0.717, 1.165) is 42.0 Å². The highest BCUT2D eigenvalue weighted by molar-refractivity contribution is 6.49. The molecular formula is C33H52N2O. The normalized spacial score (nSPS) is 24.1. The Kier molecular flexibility index (Phi) is 11.9. The maximum absolute atomic E-state index is 11.2. The van der Waals surface area contributed by atoms with Gasteiger partial charge in [-0.1, -0.05) is 110 Å². The zero-order valence-corrected chi connectivity index (χ0v) is 23.7. The third-order valence-electron chi connectivity index (χ3n) is 8.58. The van der Waals surface area contributed by atoms with Gasteiger partial charge >= 0.3 is 0 Å². The summed E-state index contributed by atoms with van der Waals surface area (Å²) in [5.41, 5.74) is 4.63. The number of aldehydes is 1. The largest absolute Gasteiger partial charge is 0.298 e. The number of hydrogen-bond donors (Lipinski definition) is 0. The molecule has 3 unspecified atom stereocenters. The molecular weight excluding hydrogens is 440 g/mol. The molecule has 1 heterocycles. The average molecular weight is 493 g/mol. The van der Waals surface area contributed by atoms with Crippen LogP contribution in [-0.4, -0.2) is 30.3 Å². The van der Waals surface area contributed by atoms with Gasteiger partial charge in [0.15, 0.2) is 0 Å². The van der Waals surface area contributed by atoms with Crippen molar-refractivity contribution in [1.29, 1.82) is 0 Å². The Labute approximate surface area is 221 Å². The number of unbranched alkanes of at least 4 members (excludes halogenated alkanes) is 5. The van der Waals surface area contributed by atoms with Crippen molar-refractivity contribution in [2.45, 2.75) is 130 Å². The standard InChI is InChI=1S/C33H52N2O/c1-5-6-7-8-9-10-18-30-23-24-34-31(28-21-19-26(25-36)20-22-28)32(35-30)27-14-11-12-16-29(17-13-15-27)33(2,3)4/h19-22,25,27,29-30H,5-18,23-24H2,1-4H3. The Morgan fingerprint density at radius 1 is 0.861 bits per heavy atom. The van der Waals surface area contributed by atoms with E-state index in [2.05, 4.69) is 39.8 Å². The Morgan fingerprint density at radius 3 is 2.25 bits per heavy atom. The summed E-state index contributed by atoms with van der Waals surface area (Å²) in [7, 11) is 0. The Hall–Kier alpha value is -1.77. The Balaban J connectivity index is 1.79. The molecule has 3 rings (SSSR count). The number of nitrogens with zero attached hydrogens (tertiary/aromatic N) is 2. The van der Waals surface area contributed by atoms with Crippen molar-refractivity contribution in [3.8, 4) is 0 Å². The van der Waals surface area contributed by atoms with Gasteiger partial charge in [0.2, 0.25) is 0 Å². The third-order valence-corrected chi connectivity index (χ3v) is 8.58. The minimum Gasteiger partial charge on any atom is -0.298 e. The predicted octanol–water partition coefficient (Wildman–Crippen LogP) is 9.27. The molecule has 1 aliphatic carbocycles. The predicted molar refractivity (Wildman–Crippen MR) is 156 cm³/mol. The van der Waals surface area contributed by atoms with Gasteiger partial charge in [-0.05, 0) is 49.9 Å². The Bertz CT molecular complexity index is 845. The number of aliphatic imine (C=N–C) groups is 2. The van der Waals surface area contributed by atoms with Crippen LogP contribution in [0.4, 0.5) is 0 Å². The van der Waals surface area contributed by atoms with Crippen molar-refractivity contribution in [2.24, 2.45) is 27.2 Å². The van der Waals surface area contributed by atoms with E-state index in [1.165, 1.54) is 95.6 Å². The minimum absolute atomic E-state index is 0.398. The van der Waals surface area contributed by atoms with E-state index < -0.39 is 0 Å². The van der Waals surface area contributed by atoms with Crippen LogP contribution in [0, 0.1) is 17.3 Å². The van der Waals surface area contributed by atoms with Crippen LogP contribution in [0.3, 0.4) is 0 Å². The van der Waals surface area contributed by atoms with Gasteiger partial charge < -0.3 is 0 Å². The third kappa shape index (κ3) is 8.96. The highest BCUT2D eigenvalue weighted by Gasteiger charge is 2.29. The zero-order chi connectivity index (χ0) is 25.8. The van der Waals surface area contributed by atoms with E-state index >= 15 is 0 Å². The van der Waals surface area contributed by atoms with E-state index in [4.69, 9.17) is 9.98 Å². The molecule has 0 N–H and O–H groups in total. The van der Waals surface area contributed by atoms with E-state index in [1.807, 2.05) is 12.1 Å². The molecule has 2 aliphatic rings. The summed E-state index contributed by atoms with van der Waals surface area (Å²) >= 11 is 0. The van der Waals surface area contributed by atoms with Crippen LogP contribution in [0.15, 0.2) is 34.3 Å². The summed E-state index contributed by atoms with van der Waals surface area (Å²) in [6.07, 6.45) is 20.2. The second kappa shape index (κ2) is 14.8. The highest BCUT2D eigenvalue weighted by atomic mass is 16.1. The molecule has 0 amide bonds. The van der Waals surface area contributed by atoms with Crippen molar-refractivity contribution >= 4 is 17.7 Å². The fourth-order valence-corrected chi connectivity index (χ4v) is 6.18. The number of benzene rings is 1.